The highest BCUT2D eigenvalue weighted by Crippen LogP contribution is 2.24. The predicted octanol–water partition coefficient (Wildman–Crippen LogP) is 4.13. The van der Waals surface area contributed by atoms with E-state index in [9.17, 15) is 4.79 Å². The van der Waals surface area contributed by atoms with Gasteiger partial charge in [0, 0.05) is 5.56 Å². The van der Waals surface area contributed by atoms with E-state index in [0.29, 0.717) is 17.5 Å². The second kappa shape index (κ2) is 8.98. The maximum atomic E-state index is 12.4. The number of hydrogen-bond donors (Lipinski definition) is 1. The molecule has 0 spiro atoms. The Morgan fingerprint density at radius 1 is 1.07 bits per heavy atom. The molecule has 0 fully saturated rings. The fraction of sp³-hybridized carbons (Fsp3) is 0.348. The molecule has 1 amide bonds. The van der Waals surface area contributed by atoms with Crippen LogP contribution in [0.2, 0.25) is 0 Å². The topological polar surface area (TPSA) is 86.5 Å². The SMILES string of the molecule is COc1ccc(-c2noc(CNC(=O)[C@H](C)Oc3ccc(C(C)(C)C)cc3)n2)cc1. The monoisotopic (exact) mass is 409 g/mol. The molecule has 2 aromatic carbocycles. The van der Waals surface area contributed by atoms with Crippen LogP contribution in [0.5, 0.6) is 11.5 Å². The Balaban J connectivity index is 1.53. The second-order valence-electron chi connectivity index (χ2n) is 7.99. The maximum absolute atomic E-state index is 12.4. The quantitative estimate of drug-likeness (QED) is 0.631. The van der Waals surface area contributed by atoms with Crippen LogP contribution in [0.25, 0.3) is 11.4 Å². The summed E-state index contributed by atoms with van der Waals surface area (Å²) in [6, 6.07) is 15.1. The number of hydrogen-bond acceptors (Lipinski definition) is 6. The molecule has 1 atom stereocenters. The minimum Gasteiger partial charge on any atom is -0.497 e. The van der Waals surface area contributed by atoms with Crippen molar-refractivity contribution in [2.75, 3.05) is 7.11 Å². The highest BCUT2D eigenvalue weighted by molar-refractivity contribution is 5.80. The van der Waals surface area contributed by atoms with Crippen LogP contribution >= 0.6 is 0 Å². The van der Waals surface area contributed by atoms with Crippen molar-refractivity contribution in [2.45, 2.75) is 45.8 Å². The normalized spacial score (nSPS) is 12.3. The lowest BCUT2D eigenvalue weighted by Gasteiger charge is -2.20. The molecule has 7 heteroatoms. The maximum Gasteiger partial charge on any atom is 0.261 e. The first kappa shape index (κ1) is 21.4. The molecule has 1 aromatic heterocycles. The van der Waals surface area contributed by atoms with E-state index in [0.717, 1.165) is 11.3 Å². The van der Waals surface area contributed by atoms with Crippen LogP contribution in [-0.4, -0.2) is 29.3 Å². The fourth-order valence-corrected chi connectivity index (χ4v) is 2.78. The molecule has 3 rings (SSSR count). The van der Waals surface area contributed by atoms with Crippen LogP contribution in [-0.2, 0) is 16.8 Å². The summed E-state index contributed by atoms with van der Waals surface area (Å²) in [6.45, 7) is 8.27. The summed E-state index contributed by atoms with van der Waals surface area (Å²) >= 11 is 0. The van der Waals surface area contributed by atoms with Gasteiger partial charge in [0.1, 0.15) is 11.5 Å². The van der Waals surface area contributed by atoms with Crippen LogP contribution < -0.4 is 14.8 Å². The van der Waals surface area contributed by atoms with Gasteiger partial charge in [-0.2, -0.15) is 4.98 Å². The summed E-state index contributed by atoms with van der Waals surface area (Å²) in [7, 11) is 1.61. The van der Waals surface area contributed by atoms with Gasteiger partial charge in [0.05, 0.1) is 13.7 Å². The zero-order chi connectivity index (χ0) is 21.7. The Hall–Kier alpha value is -3.35. The first-order chi connectivity index (χ1) is 14.3. The molecule has 158 valence electrons. The lowest BCUT2D eigenvalue weighted by atomic mass is 9.87. The Morgan fingerprint density at radius 3 is 2.30 bits per heavy atom. The minimum absolute atomic E-state index is 0.0657. The molecule has 1 heterocycles. The summed E-state index contributed by atoms with van der Waals surface area (Å²) in [5.74, 6) is 1.89. The standard InChI is InChI=1S/C23H27N3O4/c1-15(29-19-12-8-17(9-13-19)23(2,3)4)22(27)24-14-20-25-21(26-30-20)16-6-10-18(28-5)11-7-16/h6-13,15H,14H2,1-5H3,(H,24,27)/t15-/m0/s1. The summed E-state index contributed by atoms with van der Waals surface area (Å²) < 4.78 is 16.1. The molecule has 1 N–H and O–H groups in total. The van der Waals surface area contributed by atoms with Gasteiger partial charge < -0.3 is 19.3 Å². The highest BCUT2D eigenvalue weighted by atomic mass is 16.5. The van der Waals surface area contributed by atoms with Crippen LogP contribution in [0.4, 0.5) is 0 Å². The number of carbonyl (C=O) groups is 1. The molecule has 0 saturated heterocycles. The van der Waals surface area contributed by atoms with E-state index in [2.05, 4.69) is 36.2 Å². The Bertz CT molecular complexity index is 973. The van der Waals surface area contributed by atoms with Crippen LogP contribution in [0.15, 0.2) is 53.1 Å². The van der Waals surface area contributed by atoms with E-state index >= 15 is 0 Å². The Morgan fingerprint density at radius 2 is 1.70 bits per heavy atom. The van der Waals surface area contributed by atoms with E-state index in [1.165, 1.54) is 5.56 Å². The van der Waals surface area contributed by atoms with E-state index in [4.69, 9.17) is 14.0 Å². The highest BCUT2D eigenvalue weighted by Gasteiger charge is 2.18. The Kier molecular flexibility index (Phi) is 6.40. The van der Waals surface area contributed by atoms with Crippen molar-refractivity contribution in [3.05, 3.63) is 60.0 Å². The number of nitrogens with zero attached hydrogens (tertiary/aromatic N) is 2. The molecule has 0 unspecified atom stereocenters. The Labute approximate surface area is 176 Å². The van der Waals surface area contributed by atoms with Crippen molar-refractivity contribution < 1.29 is 18.8 Å². The van der Waals surface area contributed by atoms with Gasteiger partial charge in [-0.1, -0.05) is 38.1 Å². The molecule has 0 radical (unpaired) electrons. The predicted molar refractivity (Wildman–Crippen MR) is 113 cm³/mol. The fourth-order valence-electron chi connectivity index (χ4n) is 2.78. The average molecular weight is 409 g/mol. The molecular weight excluding hydrogens is 382 g/mol. The third-order valence-electron chi connectivity index (χ3n) is 4.63. The largest absolute Gasteiger partial charge is 0.497 e. The lowest BCUT2D eigenvalue weighted by molar-refractivity contribution is -0.127. The van der Waals surface area contributed by atoms with E-state index in [1.807, 2.05) is 48.5 Å². The van der Waals surface area contributed by atoms with Crippen molar-refractivity contribution in [3.8, 4) is 22.9 Å². The van der Waals surface area contributed by atoms with Gasteiger partial charge in [-0.05, 0) is 54.3 Å². The van der Waals surface area contributed by atoms with Crippen LogP contribution in [0.3, 0.4) is 0 Å². The van der Waals surface area contributed by atoms with Crippen LogP contribution in [0.1, 0.15) is 39.1 Å². The van der Waals surface area contributed by atoms with Gasteiger partial charge >= 0.3 is 0 Å². The molecule has 0 aliphatic carbocycles. The van der Waals surface area contributed by atoms with Gasteiger partial charge in [0.25, 0.3) is 5.91 Å². The zero-order valence-corrected chi connectivity index (χ0v) is 17.9. The minimum atomic E-state index is -0.658. The molecule has 7 nitrogen and oxygen atoms in total. The molecule has 0 aliphatic rings. The lowest BCUT2D eigenvalue weighted by Crippen LogP contribution is -2.36. The smallest absolute Gasteiger partial charge is 0.261 e. The van der Waals surface area contributed by atoms with Crippen molar-refractivity contribution in [1.29, 1.82) is 0 Å². The number of rotatable bonds is 7. The molecule has 0 aliphatic heterocycles. The molecular formula is C23H27N3O4. The summed E-state index contributed by atoms with van der Waals surface area (Å²) in [6.07, 6.45) is -0.658. The summed E-state index contributed by atoms with van der Waals surface area (Å²) in [4.78, 5) is 16.7. The molecule has 0 saturated carbocycles. The number of carbonyl (C=O) groups excluding carboxylic acids is 1. The number of nitrogens with one attached hydrogen (secondary N) is 1. The van der Waals surface area contributed by atoms with Crippen molar-refractivity contribution in [2.24, 2.45) is 0 Å². The van der Waals surface area contributed by atoms with Gasteiger partial charge in [-0.25, -0.2) is 0 Å². The molecule has 3 aromatic rings. The third-order valence-corrected chi connectivity index (χ3v) is 4.63. The van der Waals surface area contributed by atoms with Crippen LogP contribution in [0, 0.1) is 0 Å². The third kappa shape index (κ3) is 5.37. The first-order valence-electron chi connectivity index (χ1n) is 9.78. The number of amides is 1. The number of methoxy groups -OCH3 is 1. The molecule has 30 heavy (non-hydrogen) atoms. The number of ether oxygens (including phenoxy) is 2. The first-order valence-corrected chi connectivity index (χ1v) is 9.78. The summed E-state index contributed by atoms with van der Waals surface area (Å²) in [5.41, 5.74) is 2.07. The van der Waals surface area contributed by atoms with Gasteiger partial charge in [-0.15, -0.1) is 0 Å². The van der Waals surface area contributed by atoms with E-state index in [-0.39, 0.29) is 17.9 Å². The van der Waals surface area contributed by atoms with Crippen molar-refractivity contribution in [1.82, 2.24) is 15.5 Å². The van der Waals surface area contributed by atoms with Gasteiger partial charge in [-0.3, -0.25) is 4.79 Å². The summed E-state index contributed by atoms with van der Waals surface area (Å²) in [5, 5.41) is 6.71. The zero-order valence-electron chi connectivity index (χ0n) is 17.9. The van der Waals surface area contributed by atoms with Gasteiger partial charge in [0.2, 0.25) is 11.7 Å². The van der Waals surface area contributed by atoms with E-state index in [1.54, 1.807) is 14.0 Å². The van der Waals surface area contributed by atoms with Gasteiger partial charge in [0.15, 0.2) is 6.10 Å². The number of benzene rings is 2. The van der Waals surface area contributed by atoms with Crippen molar-refractivity contribution >= 4 is 5.91 Å². The number of aromatic nitrogens is 2. The van der Waals surface area contributed by atoms with E-state index < -0.39 is 6.10 Å². The van der Waals surface area contributed by atoms with Crippen molar-refractivity contribution in [3.63, 3.8) is 0 Å². The molecule has 0 bridgehead atoms. The second-order valence-corrected chi connectivity index (χ2v) is 7.99. The average Bonchev–Trinajstić information content (AvgIpc) is 3.21.